The number of halogens is 1. The van der Waals surface area contributed by atoms with E-state index < -0.39 is 48.1 Å². The van der Waals surface area contributed by atoms with Crippen LogP contribution < -0.4 is 27.8 Å². The van der Waals surface area contributed by atoms with Crippen LogP contribution in [0.3, 0.4) is 0 Å². The quantitative estimate of drug-likeness (QED) is 0.215. The summed E-state index contributed by atoms with van der Waals surface area (Å²) in [7, 11) is 1.40. The lowest BCUT2D eigenvalue weighted by Gasteiger charge is -2.32. The van der Waals surface area contributed by atoms with E-state index in [-0.39, 0.29) is 66.9 Å². The molecule has 0 saturated carbocycles. The molecule has 0 saturated heterocycles. The fourth-order valence-corrected chi connectivity index (χ4v) is 4.66. The number of aromatic hydroxyl groups is 1. The molecule has 1 aliphatic heterocycles. The summed E-state index contributed by atoms with van der Waals surface area (Å²) in [6.45, 7) is -0.383. The fraction of sp³-hybridized carbons (Fsp3) is 0.500. The minimum absolute atomic E-state index is 0. The molecular weight excluding hydrogens is 576 g/mol. The number of fused-ring (bicyclic) bond motifs is 5. The predicted molar refractivity (Wildman–Crippen MR) is 170 cm³/mol. The maximum Gasteiger partial charge on any atom is 0.245 e. The zero-order valence-electron chi connectivity index (χ0n) is 22.2. The topological polar surface area (TPSA) is 217 Å². The lowest BCUT2D eigenvalue weighted by Crippen LogP contribution is -2.58. The van der Waals surface area contributed by atoms with Gasteiger partial charge in [0.1, 0.15) is 17.8 Å². The van der Waals surface area contributed by atoms with Crippen molar-refractivity contribution in [1.29, 1.82) is 0 Å². The van der Waals surface area contributed by atoms with Gasteiger partial charge in [-0.25, -0.2) is 0 Å². The van der Waals surface area contributed by atoms with Gasteiger partial charge in [-0.2, -0.15) is 0 Å². The molecule has 3 rings (SSSR count). The standard InChI is InChI=1S/C27H37ClN6O6.3CH4/c1-34-23(26(39)32-13-19(36)12-30)9-16-6-14(2-4-20(16)28)15-3-5-24(37)17(7-15)8-21(31)25(38)33-22(27(34)40)10-18(35)11-29;;;/h2-7,18-19,21-23,35-37H,8-13,29-31H2,1H3,(H,32,39)(H,33,38);3*1H4/t18-,19?,21+,22+,23+;;;/m1.../s1. The van der Waals surface area contributed by atoms with Gasteiger partial charge in [0.2, 0.25) is 17.7 Å². The molecule has 0 aliphatic carbocycles. The van der Waals surface area contributed by atoms with E-state index in [0.29, 0.717) is 21.7 Å². The van der Waals surface area contributed by atoms with Crippen LogP contribution in [0.4, 0.5) is 0 Å². The SMILES string of the molecule is C.C.C.CN1C(=O)[C@H](C[C@@H](O)CN)NC(=O)[C@@H](N)Cc2cc(ccc2O)-c2ccc(Cl)c(c2)C[C@H]1C(=O)NCC(O)CN. The molecule has 13 heteroatoms. The number of hydrogen-bond donors (Lipinski definition) is 8. The molecule has 0 radical (unpaired) electrons. The van der Waals surface area contributed by atoms with Gasteiger partial charge in [-0.1, -0.05) is 46.0 Å². The molecule has 43 heavy (non-hydrogen) atoms. The number of hydrogen-bond acceptors (Lipinski definition) is 9. The van der Waals surface area contributed by atoms with Crippen molar-refractivity contribution in [3.63, 3.8) is 0 Å². The highest BCUT2D eigenvalue weighted by molar-refractivity contribution is 6.31. The molecule has 2 aromatic rings. The summed E-state index contributed by atoms with van der Waals surface area (Å²) in [5.41, 5.74) is 19.6. The lowest BCUT2D eigenvalue weighted by molar-refractivity contribution is -0.142. The second-order valence-corrected chi connectivity index (χ2v) is 10.4. The average molecular weight is 625 g/mol. The van der Waals surface area contributed by atoms with Crippen molar-refractivity contribution >= 4 is 29.3 Å². The molecule has 1 unspecified atom stereocenters. The molecule has 242 valence electrons. The van der Waals surface area contributed by atoms with Crippen LogP contribution in [0.25, 0.3) is 11.1 Å². The zero-order chi connectivity index (χ0) is 29.6. The molecule has 0 aromatic heterocycles. The van der Waals surface area contributed by atoms with Crippen LogP contribution in [-0.2, 0) is 27.2 Å². The van der Waals surface area contributed by atoms with Gasteiger partial charge in [-0.3, -0.25) is 14.4 Å². The van der Waals surface area contributed by atoms with Crippen molar-refractivity contribution < 1.29 is 29.7 Å². The minimum Gasteiger partial charge on any atom is -0.508 e. The second kappa shape index (κ2) is 17.8. The van der Waals surface area contributed by atoms with E-state index in [4.69, 9.17) is 28.8 Å². The van der Waals surface area contributed by atoms with Gasteiger partial charge in [0.25, 0.3) is 0 Å². The Balaban J connectivity index is 0.00000588. The highest BCUT2D eigenvalue weighted by Gasteiger charge is 2.35. The summed E-state index contributed by atoms with van der Waals surface area (Å²) in [6, 6.07) is 6.62. The van der Waals surface area contributed by atoms with E-state index in [2.05, 4.69) is 10.6 Å². The van der Waals surface area contributed by atoms with Gasteiger partial charge in [-0.15, -0.1) is 0 Å². The van der Waals surface area contributed by atoms with Crippen LogP contribution in [0, 0.1) is 0 Å². The van der Waals surface area contributed by atoms with Crippen molar-refractivity contribution in [2.45, 2.75) is 71.9 Å². The fourth-order valence-electron chi connectivity index (χ4n) is 4.47. The average Bonchev–Trinajstić information content (AvgIpc) is 2.94. The van der Waals surface area contributed by atoms with Crippen LogP contribution in [0.5, 0.6) is 5.75 Å². The highest BCUT2D eigenvalue weighted by atomic mass is 35.5. The minimum atomic E-state index is -1.26. The number of benzene rings is 2. The van der Waals surface area contributed by atoms with Crippen LogP contribution in [0.2, 0.25) is 5.02 Å². The number of amides is 3. The number of phenolic OH excluding ortho intramolecular Hbond substituents is 1. The Morgan fingerprint density at radius 3 is 2.21 bits per heavy atom. The Hall–Kier alpha value is -3.26. The zero-order valence-corrected chi connectivity index (χ0v) is 23.0. The van der Waals surface area contributed by atoms with E-state index in [1.165, 1.54) is 18.0 Å². The number of rotatable bonds is 7. The summed E-state index contributed by atoms with van der Waals surface area (Å²) in [5, 5.41) is 36.1. The van der Waals surface area contributed by atoms with Crippen molar-refractivity contribution in [2.24, 2.45) is 17.2 Å². The van der Waals surface area contributed by atoms with Gasteiger partial charge in [0, 0.05) is 51.0 Å². The van der Waals surface area contributed by atoms with E-state index in [1.54, 1.807) is 30.3 Å². The van der Waals surface area contributed by atoms with Crippen molar-refractivity contribution in [2.75, 3.05) is 26.7 Å². The third-order valence-corrected chi connectivity index (χ3v) is 7.31. The van der Waals surface area contributed by atoms with Crippen molar-refractivity contribution in [3.8, 4) is 16.9 Å². The van der Waals surface area contributed by atoms with Gasteiger partial charge in [0.05, 0.1) is 18.2 Å². The summed E-state index contributed by atoms with van der Waals surface area (Å²) >= 11 is 6.52. The predicted octanol–water partition coefficient (Wildman–Crippen LogP) is 0.504. The Morgan fingerprint density at radius 1 is 1.02 bits per heavy atom. The van der Waals surface area contributed by atoms with Crippen molar-refractivity contribution in [1.82, 2.24) is 15.5 Å². The smallest absolute Gasteiger partial charge is 0.245 e. The number of nitrogens with two attached hydrogens (primary N) is 3. The van der Waals surface area contributed by atoms with Crippen LogP contribution in [0.1, 0.15) is 39.8 Å². The number of nitrogens with one attached hydrogen (secondary N) is 2. The number of aliphatic hydroxyl groups is 2. The molecule has 3 amide bonds. The molecule has 4 bridgehead atoms. The summed E-state index contributed by atoms with van der Waals surface area (Å²) in [6.07, 6.45) is -2.38. The number of carbonyl (C=O) groups is 3. The Kier molecular flexibility index (Phi) is 16.4. The number of phenols is 1. The maximum atomic E-state index is 13.7. The van der Waals surface area contributed by atoms with Crippen LogP contribution >= 0.6 is 11.6 Å². The first kappa shape index (κ1) is 39.7. The lowest BCUT2D eigenvalue weighted by atomic mass is 9.95. The number of aliphatic hydroxyl groups excluding tert-OH is 2. The molecular formula is C30H49ClN6O6. The van der Waals surface area contributed by atoms with Gasteiger partial charge >= 0.3 is 0 Å². The first-order valence-corrected chi connectivity index (χ1v) is 13.3. The summed E-state index contributed by atoms with van der Waals surface area (Å²) in [4.78, 5) is 41.3. The van der Waals surface area contributed by atoms with E-state index in [9.17, 15) is 29.7 Å². The summed E-state index contributed by atoms with van der Waals surface area (Å²) in [5.74, 6) is -1.99. The molecule has 2 aromatic carbocycles. The molecule has 0 fully saturated rings. The number of nitrogens with zero attached hydrogens (tertiary/aromatic N) is 1. The third kappa shape index (κ3) is 10.2. The van der Waals surface area contributed by atoms with Gasteiger partial charge in [0.15, 0.2) is 0 Å². The van der Waals surface area contributed by atoms with Crippen molar-refractivity contribution in [3.05, 3.63) is 52.5 Å². The van der Waals surface area contributed by atoms with E-state index >= 15 is 0 Å². The Bertz CT molecular complexity index is 1230. The Labute approximate surface area is 259 Å². The molecule has 11 N–H and O–H groups in total. The Morgan fingerprint density at radius 2 is 1.60 bits per heavy atom. The number of likely N-dealkylation sites (N-methyl/N-ethyl adjacent to an activating group) is 1. The molecule has 5 atom stereocenters. The normalized spacial score (nSPS) is 20.1. The van der Waals surface area contributed by atoms with E-state index in [1.807, 2.05) is 0 Å². The summed E-state index contributed by atoms with van der Waals surface area (Å²) < 4.78 is 0. The van der Waals surface area contributed by atoms with Gasteiger partial charge < -0.3 is 48.1 Å². The largest absolute Gasteiger partial charge is 0.508 e. The molecule has 0 spiro atoms. The first-order chi connectivity index (χ1) is 18.9. The van der Waals surface area contributed by atoms with Crippen LogP contribution in [0.15, 0.2) is 36.4 Å². The third-order valence-electron chi connectivity index (χ3n) is 6.94. The highest BCUT2D eigenvalue weighted by Crippen LogP contribution is 2.31. The molecule has 1 heterocycles. The monoisotopic (exact) mass is 624 g/mol. The maximum absolute atomic E-state index is 13.7. The van der Waals surface area contributed by atoms with Crippen LogP contribution in [-0.4, -0.2) is 95.0 Å². The molecule has 1 aliphatic rings. The number of carbonyl (C=O) groups excluding carboxylic acids is 3. The molecule has 12 nitrogen and oxygen atoms in total. The second-order valence-electron chi connectivity index (χ2n) is 9.95. The first-order valence-electron chi connectivity index (χ1n) is 12.9. The van der Waals surface area contributed by atoms with E-state index in [0.717, 1.165) is 5.56 Å². The van der Waals surface area contributed by atoms with Gasteiger partial charge in [-0.05, 0) is 46.5 Å².